The first kappa shape index (κ1) is 18.8. The number of guanidine groups is 1. The van der Waals surface area contributed by atoms with Gasteiger partial charge in [0.1, 0.15) is 5.75 Å². The number of aliphatic imine (C=N–C) groups is 1. The molecule has 1 fully saturated rings. The lowest BCUT2D eigenvalue weighted by Crippen LogP contribution is -2.36. The number of carbonyl (C=O) groups is 1. The first-order valence-electron chi connectivity index (χ1n) is 9.17. The average Bonchev–Trinajstić information content (AvgIpc) is 3.14. The molecule has 0 aliphatic carbocycles. The molecular weight excluding hydrogens is 340 g/mol. The zero-order valence-electron chi connectivity index (χ0n) is 15.9. The molecule has 1 aliphatic rings. The number of anilines is 1. The van der Waals surface area contributed by atoms with Gasteiger partial charge >= 0.3 is 0 Å². The smallest absolute Gasteiger partial charge is 0.227 e. The fourth-order valence-electron chi connectivity index (χ4n) is 3.15. The molecule has 2 aromatic carbocycles. The maximum atomic E-state index is 11.8. The van der Waals surface area contributed by atoms with Crippen LogP contribution in [0, 0.1) is 0 Å². The molecule has 1 aliphatic heterocycles. The third-order valence-corrected chi connectivity index (χ3v) is 4.64. The third kappa shape index (κ3) is 4.78. The summed E-state index contributed by atoms with van der Waals surface area (Å²) in [7, 11) is 3.42. The maximum Gasteiger partial charge on any atom is 0.227 e. The molecule has 0 radical (unpaired) electrons. The van der Waals surface area contributed by atoms with Gasteiger partial charge in [0.2, 0.25) is 5.91 Å². The Bertz CT molecular complexity index is 802. The topological polar surface area (TPSA) is 66.0 Å². The summed E-state index contributed by atoms with van der Waals surface area (Å²) in [6, 6.07) is 16.0. The second-order valence-electron chi connectivity index (χ2n) is 6.41. The number of benzene rings is 2. The van der Waals surface area contributed by atoms with E-state index in [0.29, 0.717) is 19.5 Å². The molecule has 3 rings (SSSR count). The molecule has 0 saturated carbocycles. The van der Waals surface area contributed by atoms with Crippen molar-refractivity contribution in [1.82, 2.24) is 10.6 Å². The van der Waals surface area contributed by atoms with Crippen LogP contribution in [0.5, 0.6) is 5.75 Å². The van der Waals surface area contributed by atoms with E-state index in [1.807, 2.05) is 53.4 Å². The molecule has 0 atom stereocenters. The first-order chi connectivity index (χ1) is 13.2. The summed E-state index contributed by atoms with van der Waals surface area (Å²) < 4.78 is 5.37. The van der Waals surface area contributed by atoms with E-state index in [9.17, 15) is 4.79 Å². The lowest BCUT2D eigenvalue weighted by Gasteiger charge is -2.16. The average molecular weight is 366 g/mol. The Balaban J connectivity index is 1.52. The largest absolute Gasteiger partial charge is 0.496 e. The molecule has 0 unspecified atom stereocenters. The van der Waals surface area contributed by atoms with Gasteiger partial charge in [-0.15, -0.1) is 0 Å². The van der Waals surface area contributed by atoms with Crippen molar-refractivity contribution in [1.29, 1.82) is 0 Å². The molecule has 142 valence electrons. The fourth-order valence-corrected chi connectivity index (χ4v) is 3.15. The Morgan fingerprint density at radius 1 is 1.11 bits per heavy atom. The molecule has 2 N–H and O–H groups in total. The highest BCUT2D eigenvalue weighted by Gasteiger charge is 2.21. The lowest BCUT2D eigenvalue weighted by atomic mass is 10.2. The van der Waals surface area contributed by atoms with Crippen molar-refractivity contribution in [3.8, 4) is 5.75 Å². The van der Waals surface area contributed by atoms with Crippen LogP contribution in [0.3, 0.4) is 0 Å². The summed E-state index contributed by atoms with van der Waals surface area (Å²) in [5.74, 6) is 1.79. The Labute approximate surface area is 160 Å². The molecule has 6 nitrogen and oxygen atoms in total. The number of methoxy groups -OCH3 is 1. The van der Waals surface area contributed by atoms with Crippen LogP contribution in [0.1, 0.15) is 24.0 Å². The molecular formula is C21H26N4O2. The molecule has 1 saturated heterocycles. The molecule has 0 bridgehead atoms. The first-order valence-corrected chi connectivity index (χ1v) is 9.17. The van der Waals surface area contributed by atoms with E-state index >= 15 is 0 Å². The van der Waals surface area contributed by atoms with Gasteiger partial charge in [0.05, 0.1) is 7.11 Å². The van der Waals surface area contributed by atoms with Crippen molar-refractivity contribution >= 4 is 17.6 Å². The van der Waals surface area contributed by atoms with Crippen LogP contribution in [0.25, 0.3) is 0 Å². The Morgan fingerprint density at radius 2 is 1.85 bits per heavy atom. The number of nitrogens with zero attached hydrogens (tertiary/aromatic N) is 2. The second-order valence-corrected chi connectivity index (χ2v) is 6.41. The van der Waals surface area contributed by atoms with Gasteiger partial charge in [-0.2, -0.15) is 0 Å². The number of carbonyl (C=O) groups excluding carboxylic acids is 1. The summed E-state index contributed by atoms with van der Waals surface area (Å²) in [5, 5.41) is 6.61. The Kier molecular flexibility index (Phi) is 6.30. The minimum atomic E-state index is 0.210. The lowest BCUT2D eigenvalue weighted by molar-refractivity contribution is -0.117. The maximum absolute atomic E-state index is 11.8. The highest BCUT2D eigenvalue weighted by molar-refractivity contribution is 5.95. The predicted molar refractivity (Wildman–Crippen MR) is 108 cm³/mol. The zero-order chi connectivity index (χ0) is 19.1. The molecule has 1 heterocycles. The number of rotatable bonds is 6. The van der Waals surface area contributed by atoms with Crippen molar-refractivity contribution in [3.05, 3.63) is 59.7 Å². The Morgan fingerprint density at radius 3 is 2.52 bits per heavy atom. The van der Waals surface area contributed by atoms with Gasteiger partial charge in [-0.05, 0) is 30.2 Å². The summed E-state index contributed by atoms with van der Waals surface area (Å²) in [6.45, 7) is 2.09. The highest BCUT2D eigenvalue weighted by Crippen LogP contribution is 2.21. The SMILES string of the molecule is CN=C(NCc1ccc(N2CCCC2=O)cc1)NCc1ccccc1OC. The zero-order valence-corrected chi connectivity index (χ0v) is 15.9. The van der Waals surface area contributed by atoms with Gasteiger partial charge in [-0.25, -0.2) is 0 Å². The second kappa shape index (κ2) is 9.07. The molecule has 0 aromatic heterocycles. The Hall–Kier alpha value is -3.02. The van der Waals surface area contributed by atoms with E-state index in [0.717, 1.165) is 41.5 Å². The van der Waals surface area contributed by atoms with E-state index in [2.05, 4.69) is 15.6 Å². The van der Waals surface area contributed by atoms with E-state index < -0.39 is 0 Å². The summed E-state index contributed by atoms with van der Waals surface area (Å²) in [4.78, 5) is 17.9. The van der Waals surface area contributed by atoms with E-state index in [4.69, 9.17) is 4.74 Å². The van der Waals surface area contributed by atoms with Gasteiger partial charge in [-0.1, -0.05) is 30.3 Å². The van der Waals surface area contributed by atoms with Gasteiger partial charge in [-0.3, -0.25) is 9.79 Å². The van der Waals surface area contributed by atoms with Crippen LogP contribution < -0.4 is 20.3 Å². The van der Waals surface area contributed by atoms with Crippen LogP contribution >= 0.6 is 0 Å². The van der Waals surface area contributed by atoms with Crippen LogP contribution in [0.2, 0.25) is 0 Å². The normalized spacial score (nSPS) is 14.4. The highest BCUT2D eigenvalue weighted by atomic mass is 16.5. The van der Waals surface area contributed by atoms with Crippen molar-refractivity contribution in [2.45, 2.75) is 25.9 Å². The fraction of sp³-hybridized carbons (Fsp3) is 0.333. The van der Waals surface area contributed by atoms with Crippen LogP contribution in [-0.4, -0.2) is 32.6 Å². The van der Waals surface area contributed by atoms with Crippen LogP contribution in [0.15, 0.2) is 53.5 Å². The van der Waals surface area contributed by atoms with Crippen LogP contribution in [-0.2, 0) is 17.9 Å². The number of amides is 1. The summed E-state index contributed by atoms with van der Waals surface area (Å²) in [5.41, 5.74) is 3.17. The number of hydrogen-bond acceptors (Lipinski definition) is 3. The van der Waals surface area contributed by atoms with E-state index in [-0.39, 0.29) is 5.91 Å². The van der Waals surface area contributed by atoms with Crippen LogP contribution in [0.4, 0.5) is 5.69 Å². The van der Waals surface area contributed by atoms with Gasteiger partial charge < -0.3 is 20.3 Å². The molecule has 1 amide bonds. The number of hydrogen-bond donors (Lipinski definition) is 2. The monoisotopic (exact) mass is 366 g/mol. The number of para-hydroxylation sites is 1. The van der Waals surface area contributed by atoms with Crippen molar-refractivity contribution < 1.29 is 9.53 Å². The minimum absolute atomic E-state index is 0.210. The number of ether oxygens (including phenoxy) is 1. The molecule has 2 aromatic rings. The van der Waals surface area contributed by atoms with Gasteiger partial charge in [0.25, 0.3) is 0 Å². The molecule has 6 heteroatoms. The van der Waals surface area contributed by atoms with Crippen molar-refractivity contribution in [2.75, 3.05) is 25.6 Å². The molecule has 27 heavy (non-hydrogen) atoms. The van der Waals surface area contributed by atoms with E-state index in [1.165, 1.54) is 0 Å². The summed E-state index contributed by atoms with van der Waals surface area (Å²) >= 11 is 0. The quantitative estimate of drug-likeness (QED) is 0.609. The predicted octanol–water partition coefficient (Wildman–Crippen LogP) is 2.69. The third-order valence-electron chi connectivity index (χ3n) is 4.64. The standard InChI is InChI=1S/C21H26N4O2/c1-22-21(24-15-17-6-3-4-7-19(17)27-2)23-14-16-9-11-18(12-10-16)25-13-5-8-20(25)26/h3-4,6-7,9-12H,5,8,13-15H2,1-2H3,(H2,22,23,24). The molecule has 0 spiro atoms. The van der Waals surface area contributed by atoms with Crippen molar-refractivity contribution in [3.63, 3.8) is 0 Å². The summed E-state index contributed by atoms with van der Waals surface area (Å²) in [6.07, 6.45) is 1.59. The number of nitrogens with one attached hydrogen (secondary N) is 2. The van der Waals surface area contributed by atoms with E-state index in [1.54, 1.807) is 14.2 Å². The van der Waals surface area contributed by atoms with Gasteiger partial charge in [0, 0.05) is 44.4 Å². The van der Waals surface area contributed by atoms with Crippen molar-refractivity contribution in [2.24, 2.45) is 4.99 Å². The van der Waals surface area contributed by atoms with Gasteiger partial charge in [0.15, 0.2) is 5.96 Å². The minimum Gasteiger partial charge on any atom is -0.496 e.